The summed E-state index contributed by atoms with van der Waals surface area (Å²) < 4.78 is 5.59. The molecular weight excluding hydrogens is 238 g/mol. The standard InChI is InChI=1S/C15H19N3O/c1-9-7-13(11(3)19-9)10(2)18-15-12-5-4-6-14(12)16-8-17-15/h7-8,10H,4-6H2,1-3H3,(H,16,17,18). The maximum Gasteiger partial charge on any atom is 0.133 e. The van der Waals surface area contributed by atoms with E-state index in [1.54, 1.807) is 6.33 Å². The first-order valence-electron chi connectivity index (χ1n) is 6.81. The van der Waals surface area contributed by atoms with Crippen molar-refractivity contribution in [3.05, 3.63) is 40.7 Å². The molecule has 1 aliphatic rings. The molecule has 1 N–H and O–H groups in total. The molecule has 0 spiro atoms. The van der Waals surface area contributed by atoms with Gasteiger partial charge in [0.15, 0.2) is 0 Å². The number of furan rings is 1. The second kappa shape index (κ2) is 4.68. The van der Waals surface area contributed by atoms with E-state index in [0.29, 0.717) is 0 Å². The van der Waals surface area contributed by atoms with E-state index in [9.17, 15) is 0 Å². The summed E-state index contributed by atoms with van der Waals surface area (Å²) in [6, 6.07) is 2.28. The lowest BCUT2D eigenvalue weighted by molar-refractivity contribution is 0.499. The summed E-state index contributed by atoms with van der Waals surface area (Å²) in [4.78, 5) is 8.75. The van der Waals surface area contributed by atoms with Gasteiger partial charge in [-0.1, -0.05) is 0 Å². The molecule has 2 aromatic heterocycles. The maximum absolute atomic E-state index is 5.59. The van der Waals surface area contributed by atoms with Crippen molar-refractivity contribution in [1.82, 2.24) is 9.97 Å². The Balaban J connectivity index is 1.86. The van der Waals surface area contributed by atoms with Crippen molar-refractivity contribution >= 4 is 5.82 Å². The first-order valence-corrected chi connectivity index (χ1v) is 6.81. The highest BCUT2D eigenvalue weighted by atomic mass is 16.3. The SMILES string of the molecule is Cc1cc(C(C)Nc2ncnc3c2CCC3)c(C)o1. The van der Waals surface area contributed by atoms with Crippen LogP contribution in [0.4, 0.5) is 5.82 Å². The van der Waals surface area contributed by atoms with Crippen LogP contribution in [0.2, 0.25) is 0 Å². The van der Waals surface area contributed by atoms with Gasteiger partial charge in [-0.05, 0) is 46.1 Å². The number of nitrogens with one attached hydrogen (secondary N) is 1. The average Bonchev–Trinajstić information content (AvgIpc) is 2.96. The number of aromatic nitrogens is 2. The molecule has 2 aromatic rings. The zero-order valence-electron chi connectivity index (χ0n) is 11.7. The molecule has 2 heterocycles. The van der Waals surface area contributed by atoms with Crippen LogP contribution < -0.4 is 5.32 Å². The molecule has 1 unspecified atom stereocenters. The molecule has 0 saturated heterocycles. The van der Waals surface area contributed by atoms with Crippen LogP contribution in [0.1, 0.15) is 47.7 Å². The summed E-state index contributed by atoms with van der Waals surface area (Å²) in [5.41, 5.74) is 3.68. The van der Waals surface area contributed by atoms with Crippen LogP contribution in [0.3, 0.4) is 0 Å². The van der Waals surface area contributed by atoms with Crippen LogP contribution >= 0.6 is 0 Å². The van der Waals surface area contributed by atoms with Gasteiger partial charge in [0.05, 0.1) is 6.04 Å². The first-order chi connectivity index (χ1) is 9.15. The third kappa shape index (κ3) is 2.23. The molecule has 4 nitrogen and oxygen atoms in total. The third-order valence-electron chi connectivity index (χ3n) is 3.77. The molecule has 0 bridgehead atoms. The molecule has 0 radical (unpaired) electrons. The maximum atomic E-state index is 5.59. The van der Waals surface area contributed by atoms with Gasteiger partial charge < -0.3 is 9.73 Å². The molecule has 19 heavy (non-hydrogen) atoms. The van der Waals surface area contributed by atoms with Crippen LogP contribution in [0.15, 0.2) is 16.8 Å². The summed E-state index contributed by atoms with van der Waals surface area (Å²) in [6.07, 6.45) is 4.99. The Hall–Kier alpha value is -1.84. The fraction of sp³-hybridized carbons (Fsp3) is 0.467. The van der Waals surface area contributed by atoms with Gasteiger partial charge in [-0.2, -0.15) is 0 Å². The van der Waals surface area contributed by atoms with Crippen molar-refractivity contribution in [2.75, 3.05) is 5.32 Å². The van der Waals surface area contributed by atoms with Crippen LogP contribution in [-0.4, -0.2) is 9.97 Å². The highest BCUT2D eigenvalue weighted by Crippen LogP contribution is 2.29. The van der Waals surface area contributed by atoms with Gasteiger partial charge in [-0.3, -0.25) is 0 Å². The predicted molar refractivity (Wildman–Crippen MR) is 74.3 cm³/mol. The Labute approximate surface area is 113 Å². The molecule has 3 rings (SSSR count). The molecule has 0 fully saturated rings. The van der Waals surface area contributed by atoms with Gasteiger partial charge in [0.2, 0.25) is 0 Å². The van der Waals surface area contributed by atoms with Crippen molar-refractivity contribution in [3.8, 4) is 0 Å². The fourth-order valence-electron chi connectivity index (χ4n) is 2.85. The molecule has 1 atom stereocenters. The van der Waals surface area contributed by atoms with Crippen LogP contribution in [0.25, 0.3) is 0 Å². The number of nitrogens with zero attached hydrogens (tertiary/aromatic N) is 2. The van der Waals surface area contributed by atoms with Gasteiger partial charge in [0, 0.05) is 16.8 Å². The van der Waals surface area contributed by atoms with E-state index in [1.165, 1.54) is 23.2 Å². The Morgan fingerprint density at radius 3 is 2.84 bits per heavy atom. The van der Waals surface area contributed by atoms with E-state index < -0.39 is 0 Å². The Morgan fingerprint density at radius 1 is 1.26 bits per heavy atom. The monoisotopic (exact) mass is 257 g/mol. The second-order valence-electron chi connectivity index (χ2n) is 5.24. The average molecular weight is 257 g/mol. The summed E-state index contributed by atoms with van der Waals surface area (Å²) >= 11 is 0. The molecule has 1 aliphatic carbocycles. The van der Waals surface area contributed by atoms with Gasteiger partial charge >= 0.3 is 0 Å². The molecule has 0 aliphatic heterocycles. The van der Waals surface area contributed by atoms with Gasteiger partial charge in [-0.15, -0.1) is 0 Å². The van der Waals surface area contributed by atoms with E-state index in [1.807, 2.05) is 13.8 Å². The minimum atomic E-state index is 0.192. The highest BCUT2D eigenvalue weighted by molar-refractivity contribution is 5.49. The number of hydrogen-bond donors (Lipinski definition) is 1. The molecule has 0 amide bonds. The van der Waals surface area contributed by atoms with E-state index in [4.69, 9.17) is 4.42 Å². The topological polar surface area (TPSA) is 51.0 Å². The van der Waals surface area contributed by atoms with Crippen LogP contribution in [0.5, 0.6) is 0 Å². The van der Waals surface area contributed by atoms with Gasteiger partial charge in [0.25, 0.3) is 0 Å². The Morgan fingerprint density at radius 2 is 2.11 bits per heavy atom. The smallest absolute Gasteiger partial charge is 0.133 e. The molecule has 4 heteroatoms. The summed E-state index contributed by atoms with van der Waals surface area (Å²) in [6.45, 7) is 6.12. The lowest BCUT2D eigenvalue weighted by Gasteiger charge is -2.16. The van der Waals surface area contributed by atoms with Crippen LogP contribution in [-0.2, 0) is 12.8 Å². The molecule has 0 aromatic carbocycles. The van der Waals surface area contributed by atoms with Crippen molar-refractivity contribution in [2.45, 2.75) is 46.1 Å². The number of hydrogen-bond acceptors (Lipinski definition) is 4. The summed E-state index contributed by atoms with van der Waals surface area (Å²) in [5, 5.41) is 3.50. The van der Waals surface area contributed by atoms with Crippen molar-refractivity contribution in [3.63, 3.8) is 0 Å². The number of fused-ring (bicyclic) bond motifs is 1. The molecule has 100 valence electrons. The summed E-state index contributed by atoms with van der Waals surface area (Å²) in [5.74, 6) is 2.91. The van der Waals surface area contributed by atoms with E-state index in [-0.39, 0.29) is 6.04 Å². The van der Waals surface area contributed by atoms with Gasteiger partial charge in [-0.25, -0.2) is 9.97 Å². The van der Waals surface area contributed by atoms with Crippen LogP contribution in [0, 0.1) is 13.8 Å². The number of anilines is 1. The third-order valence-corrected chi connectivity index (χ3v) is 3.77. The fourth-order valence-corrected chi connectivity index (χ4v) is 2.85. The lowest BCUT2D eigenvalue weighted by atomic mass is 10.1. The van der Waals surface area contributed by atoms with Crippen molar-refractivity contribution in [1.29, 1.82) is 0 Å². The second-order valence-corrected chi connectivity index (χ2v) is 5.24. The minimum absolute atomic E-state index is 0.192. The Bertz CT molecular complexity index is 603. The highest BCUT2D eigenvalue weighted by Gasteiger charge is 2.19. The van der Waals surface area contributed by atoms with Crippen molar-refractivity contribution < 1.29 is 4.42 Å². The quantitative estimate of drug-likeness (QED) is 0.916. The normalized spacial score (nSPS) is 15.3. The first kappa shape index (κ1) is 12.2. The zero-order valence-corrected chi connectivity index (χ0v) is 11.7. The van der Waals surface area contributed by atoms with E-state index in [0.717, 1.165) is 30.2 Å². The summed E-state index contributed by atoms with van der Waals surface area (Å²) in [7, 11) is 0. The van der Waals surface area contributed by atoms with Crippen molar-refractivity contribution in [2.24, 2.45) is 0 Å². The molecule has 0 saturated carbocycles. The lowest BCUT2D eigenvalue weighted by Crippen LogP contribution is -2.10. The zero-order chi connectivity index (χ0) is 13.4. The molecular formula is C15H19N3O. The minimum Gasteiger partial charge on any atom is -0.466 e. The Kier molecular flexibility index (Phi) is 3.01. The van der Waals surface area contributed by atoms with Gasteiger partial charge in [0.1, 0.15) is 23.7 Å². The number of aryl methyl sites for hydroxylation is 3. The van der Waals surface area contributed by atoms with E-state index in [2.05, 4.69) is 28.3 Å². The predicted octanol–water partition coefficient (Wildman–Crippen LogP) is 3.35. The van der Waals surface area contributed by atoms with E-state index >= 15 is 0 Å². The largest absolute Gasteiger partial charge is 0.466 e. The number of rotatable bonds is 3.